The van der Waals surface area contributed by atoms with E-state index in [0.29, 0.717) is 22.4 Å². The van der Waals surface area contributed by atoms with E-state index in [0.717, 1.165) is 0 Å². The molecule has 0 bridgehead atoms. The Hall–Kier alpha value is -3.68. The van der Waals surface area contributed by atoms with Crippen LogP contribution in [0.2, 0.25) is 0 Å². The lowest BCUT2D eigenvalue weighted by atomic mass is 10.2. The highest BCUT2D eigenvalue weighted by Crippen LogP contribution is 2.23. The van der Waals surface area contributed by atoms with Crippen LogP contribution in [0, 0.1) is 0 Å². The molecule has 126 valence electrons. The summed E-state index contributed by atoms with van der Waals surface area (Å²) in [6, 6.07) is 13.4. The minimum atomic E-state index is -1.01. The first-order chi connectivity index (χ1) is 12.0. The average molecular weight is 338 g/mol. The van der Waals surface area contributed by atoms with Gasteiger partial charge in [0.1, 0.15) is 12.4 Å². The predicted molar refractivity (Wildman–Crippen MR) is 92.3 cm³/mol. The largest absolute Gasteiger partial charge is 0.480 e. The number of aliphatic carboxylic acids is 1. The summed E-state index contributed by atoms with van der Waals surface area (Å²) in [6.07, 6.45) is 0. The number of para-hydroxylation sites is 1. The molecule has 0 fully saturated rings. The maximum absolute atomic E-state index is 10.9. The standard InChI is InChI=1S/C17H14N4O4/c22-14(23)9-18-15-12-3-1-2-4-13(12)20-17(21-15)19-11-7-5-10(6-8-11)16(24)25/h1-8H,9H2,(H,22,23)(H,24,25)(H2,18,19,20,21). The van der Waals surface area contributed by atoms with Crippen LogP contribution < -0.4 is 10.6 Å². The van der Waals surface area contributed by atoms with Crippen LogP contribution in [0.3, 0.4) is 0 Å². The van der Waals surface area contributed by atoms with Crippen LogP contribution in [0.1, 0.15) is 10.4 Å². The second kappa shape index (κ2) is 6.83. The van der Waals surface area contributed by atoms with E-state index in [1.54, 1.807) is 24.3 Å². The molecule has 0 saturated heterocycles. The summed E-state index contributed by atoms with van der Waals surface area (Å²) in [5.41, 5.74) is 1.44. The lowest BCUT2D eigenvalue weighted by Crippen LogP contribution is -2.14. The number of fused-ring (bicyclic) bond motifs is 1. The molecule has 1 heterocycles. The monoisotopic (exact) mass is 338 g/mol. The zero-order chi connectivity index (χ0) is 17.8. The van der Waals surface area contributed by atoms with Crippen LogP contribution in [0.15, 0.2) is 48.5 Å². The number of carboxylic acid groups (broad SMARTS) is 2. The van der Waals surface area contributed by atoms with Crippen molar-refractivity contribution >= 4 is 40.3 Å². The van der Waals surface area contributed by atoms with Crippen molar-refractivity contribution in [2.75, 3.05) is 17.2 Å². The molecule has 4 N–H and O–H groups in total. The summed E-state index contributed by atoms with van der Waals surface area (Å²) < 4.78 is 0. The van der Waals surface area contributed by atoms with Gasteiger partial charge in [0.2, 0.25) is 5.95 Å². The van der Waals surface area contributed by atoms with Gasteiger partial charge < -0.3 is 20.8 Å². The van der Waals surface area contributed by atoms with E-state index < -0.39 is 11.9 Å². The van der Waals surface area contributed by atoms with Gasteiger partial charge >= 0.3 is 11.9 Å². The molecule has 0 radical (unpaired) electrons. The summed E-state index contributed by atoms with van der Waals surface area (Å²) in [7, 11) is 0. The van der Waals surface area contributed by atoms with Gasteiger partial charge in [-0.1, -0.05) is 12.1 Å². The molecule has 0 aliphatic carbocycles. The Morgan fingerprint density at radius 2 is 1.68 bits per heavy atom. The third-order valence-electron chi connectivity index (χ3n) is 3.40. The number of carbonyl (C=O) groups is 2. The third-order valence-corrected chi connectivity index (χ3v) is 3.40. The van der Waals surface area contributed by atoms with Crippen molar-refractivity contribution in [3.63, 3.8) is 0 Å². The van der Waals surface area contributed by atoms with Gasteiger partial charge in [-0.05, 0) is 36.4 Å². The minimum Gasteiger partial charge on any atom is -0.480 e. The average Bonchev–Trinajstić information content (AvgIpc) is 2.60. The fraction of sp³-hybridized carbons (Fsp3) is 0.0588. The molecule has 3 aromatic rings. The lowest BCUT2D eigenvalue weighted by molar-refractivity contribution is -0.134. The topological polar surface area (TPSA) is 124 Å². The van der Waals surface area contributed by atoms with Gasteiger partial charge in [-0.2, -0.15) is 4.98 Å². The Labute approximate surface area is 142 Å². The summed E-state index contributed by atoms with van der Waals surface area (Å²) in [6.45, 7) is -0.270. The van der Waals surface area contributed by atoms with Gasteiger partial charge in [-0.15, -0.1) is 0 Å². The molecular formula is C17H14N4O4. The first-order valence-electron chi connectivity index (χ1n) is 7.36. The molecule has 2 aromatic carbocycles. The molecule has 3 rings (SSSR count). The van der Waals surface area contributed by atoms with Crippen LogP contribution in [-0.2, 0) is 4.79 Å². The minimum absolute atomic E-state index is 0.175. The van der Waals surface area contributed by atoms with Crippen LogP contribution in [0.25, 0.3) is 10.9 Å². The Bertz CT molecular complexity index is 941. The SMILES string of the molecule is O=C(O)CNc1nc(Nc2ccc(C(=O)O)cc2)nc2ccccc12. The number of benzene rings is 2. The Morgan fingerprint density at radius 3 is 2.36 bits per heavy atom. The van der Waals surface area contributed by atoms with Crippen LogP contribution in [-0.4, -0.2) is 38.7 Å². The molecule has 0 saturated carbocycles. The lowest BCUT2D eigenvalue weighted by Gasteiger charge is -2.11. The van der Waals surface area contributed by atoms with Crippen LogP contribution >= 0.6 is 0 Å². The number of nitrogens with one attached hydrogen (secondary N) is 2. The quantitative estimate of drug-likeness (QED) is 0.540. The highest BCUT2D eigenvalue weighted by Gasteiger charge is 2.09. The van der Waals surface area contributed by atoms with Gasteiger partial charge in [-0.25, -0.2) is 9.78 Å². The molecule has 0 atom stereocenters. The number of rotatable bonds is 6. The van der Waals surface area contributed by atoms with Crippen molar-refractivity contribution in [1.29, 1.82) is 0 Å². The number of nitrogens with zero attached hydrogens (tertiary/aromatic N) is 2. The molecule has 0 amide bonds. The van der Waals surface area contributed by atoms with Gasteiger partial charge in [0.15, 0.2) is 0 Å². The fourth-order valence-electron chi connectivity index (χ4n) is 2.25. The van der Waals surface area contributed by atoms with E-state index in [1.165, 1.54) is 12.1 Å². The number of anilines is 3. The Morgan fingerprint density at radius 1 is 0.960 bits per heavy atom. The van der Waals surface area contributed by atoms with Gasteiger partial charge in [0.25, 0.3) is 0 Å². The summed E-state index contributed by atoms with van der Waals surface area (Å²) in [4.78, 5) is 30.4. The zero-order valence-corrected chi connectivity index (χ0v) is 12.9. The normalized spacial score (nSPS) is 10.4. The molecule has 0 spiro atoms. The second-order valence-electron chi connectivity index (χ2n) is 5.17. The molecule has 8 heteroatoms. The number of hydrogen-bond acceptors (Lipinski definition) is 6. The maximum Gasteiger partial charge on any atom is 0.335 e. The van der Waals surface area contributed by atoms with E-state index in [2.05, 4.69) is 20.6 Å². The molecule has 0 aliphatic heterocycles. The molecular weight excluding hydrogens is 324 g/mol. The molecule has 1 aromatic heterocycles. The molecule has 0 aliphatic rings. The second-order valence-corrected chi connectivity index (χ2v) is 5.17. The smallest absolute Gasteiger partial charge is 0.335 e. The van der Waals surface area contributed by atoms with E-state index in [-0.39, 0.29) is 18.1 Å². The van der Waals surface area contributed by atoms with Crippen molar-refractivity contribution in [2.45, 2.75) is 0 Å². The van der Waals surface area contributed by atoms with Gasteiger partial charge in [0.05, 0.1) is 11.1 Å². The van der Waals surface area contributed by atoms with E-state index in [9.17, 15) is 9.59 Å². The van der Waals surface area contributed by atoms with Crippen LogP contribution in [0.4, 0.5) is 17.5 Å². The molecule has 25 heavy (non-hydrogen) atoms. The number of aromatic nitrogens is 2. The number of hydrogen-bond donors (Lipinski definition) is 4. The Balaban J connectivity index is 1.92. The van der Waals surface area contributed by atoms with Crippen molar-refractivity contribution in [3.8, 4) is 0 Å². The number of aromatic carboxylic acids is 1. The van der Waals surface area contributed by atoms with E-state index >= 15 is 0 Å². The van der Waals surface area contributed by atoms with Crippen molar-refractivity contribution in [3.05, 3.63) is 54.1 Å². The highest BCUT2D eigenvalue weighted by molar-refractivity contribution is 5.91. The number of carboxylic acids is 2. The summed E-state index contributed by atoms with van der Waals surface area (Å²) in [5.74, 6) is -1.33. The van der Waals surface area contributed by atoms with Crippen molar-refractivity contribution in [1.82, 2.24) is 9.97 Å². The Kier molecular flexibility index (Phi) is 4.42. The highest BCUT2D eigenvalue weighted by atomic mass is 16.4. The van der Waals surface area contributed by atoms with Gasteiger partial charge in [0, 0.05) is 11.1 Å². The van der Waals surface area contributed by atoms with E-state index in [1.807, 2.05) is 12.1 Å². The summed E-state index contributed by atoms with van der Waals surface area (Å²) >= 11 is 0. The fourth-order valence-corrected chi connectivity index (χ4v) is 2.25. The summed E-state index contributed by atoms with van der Waals surface area (Å²) in [5, 5.41) is 24.2. The molecule has 8 nitrogen and oxygen atoms in total. The van der Waals surface area contributed by atoms with Crippen LogP contribution in [0.5, 0.6) is 0 Å². The zero-order valence-electron chi connectivity index (χ0n) is 12.9. The van der Waals surface area contributed by atoms with Crippen molar-refractivity contribution in [2.24, 2.45) is 0 Å². The van der Waals surface area contributed by atoms with Gasteiger partial charge in [-0.3, -0.25) is 4.79 Å². The third kappa shape index (κ3) is 3.81. The molecule has 0 unspecified atom stereocenters. The first-order valence-corrected chi connectivity index (χ1v) is 7.36. The predicted octanol–water partition coefficient (Wildman–Crippen LogP) is 2.57. The van der Waals surface area contributed by atoms with Crippen molar-refractivity contribution < 1.29 is 19.8 Å². The van der Waals surface area contributed by atoms with E-state index in [4.69, 9.17) is 10.2 Å². The first kappa shape index (κ1) is 16.2. The maximum atomic E-state index is 10.9.